The minimum Gasteiger partial charge on any atom is -0.319 e. The number of nitrogens with zero attached hydrogens (tertiary/aromatic N) is 1. The Labute approximate surface area is 126 Å². The van der Waals surface area contributed by atoms with E-state index in [9.17, 15) is 8.42 Å². The van der Waals surface area contributed by atoms with E-state index < -0.39 is 10.0 Å². The summed E-state index contributed by atoms with van der Waals surface area (Å²) in [6.45, 7) is 6.42. The molecule has 0 radical (unpaired) electrons. The van der Waals surface area contributed by atoms with Crippen molar-refractivity contribution < 1.29 is 8.42 Å². The van der Waals surface area contributed by atoms with Crippen LogP contribution in [-0.4, -0.2) is 39.4 Å². The molecule has 2 rings (SSSR count). The topological polar surface area (TPSA) is 49.4 Å². The molecule has 4 nitrogen and oxygen atoms in total. The van der Waals surface area contributed by atoms with E-state index in [1.165, 1.54) is 11.3 Å². The Kier molecular flexibility index (Phi) is 4.89. The molecule has 2 heterocycles. The predicted octanol–water partition coefficient (Wildman–Crippen LogP) is 2.32. The molecule has 1 N–H and O–H groups in total. The number of sulfonamides is 1. The van der Waals surface area contributed by atoms with Crippen LogP contribution in [0.4, 0.5) is 0 Å². The smallest absolute Gasteiger partial charge is 0.252 e. The standard InChI is InChI=1S/C14H24N2O2S2/c1-14(2)8-4-10-16(11-14)20(17,18)13-6-5-12(19-13)7-9-15-3/h5-6,15H,4,7-11H2,1-3H3. The van der Waals surface area contributed by atoms with Gasteiger partial charge in [0.15, 0.2) is 0 Å². The number of piperidine rings is 1. The summed E-state index contributed by atoms with van der Waals surface area (Å²) < 4.78 is 27.5. The molecule has 0 atom stereocenters. The maximum Gasteiger partial charge on any atom is 0.252 e. The number of thiophene rings is 1. The molecule has 20 heavy (non-hydrogen) atoms. The zero-order valence-corrected chi connectivity index (χ0v) is 14.1. The first-order valence-corrected chi connectivity index (χ1v) is 9.34. The van der Waals surface area contributed by atoms with Gasteiger partial charge >= 0.3 is 0 Å². The Bertz CT molecular complexity index is 549. The first kappa shape index (κ1) is 15.9. The zero-order valence-electron chi connectivity index (χ0n) is 12.5. The van der Waals surface area contributed by atoms with E-state index in [1.54, 1.807) is 10.4 Å². The highest BCUT2D eigenvalue weighted by Crippen LogP contribution is 2.33. The lowest BCUT2D eigenvalue weighted by Crippen LogP contribution is -2.43. The second kappa shape index (κ2) is 6.13. The maximum absolute atomic E-state index is 12.7. The van der Waals surface area contributed by atoms with Crippen molar-refractivity contribution in [3.63, 3.8) is 0 Å². The molecule has 1 aliphatic heterocycles. The van der Waals surface area contributed by atoms with Crippen molar-refractivity contribution in [1.29, 1.82) is 0 Å². The molecule has 0 aromatic carbocycles. The van der Waals surface area contributed by atoms with Gasteiger partial charge in [-0.2, -0.15) is 4.31 Å². The van der Waals surface area contributed by atoms with E-state index in [2.05, 4.69) is 19.2 Å². The van der Waals surface area contributed by atoms with Crippen molar-refractivity contribution in [2.24, 2.45) is 5.41 Å². The van der Waals surface area contributed by atoms with E-state index in [-0.39, 0.29) is 5.41 Å². The van der Waals surface area contributed by atoms with E-state index in [0.717, 1.165) is 30.7 Å². The number of nitrogens with one attached hydrogen (secondary N) is 1. The SMILES string of the molecule is CNCCc1ccc(S(=O)(=O)N2CCCC(C)(C)C2)s1. The molecule has 1 saturated heterocycles. The molecule has 0 bridgehead atoms. The molecule has 1 aliphatic rings. The first-order chi connectivity index (χ1) is 9.35. The van der Waals surface area contributed by atoms with Gasteiger partial charge in [-0.15, -0.1) is 11.3 Å². The molecule has 0 amide bonds. The quantitative estimate of drug-likeness (QED) is 0.907. The second-order valence-corrected chi connectivity index (χ2v) is 9.51. The van der Waals surface area contributed by atoms with Gasteiger partial charge in [0.05, 0.1) is 0 Å². The summed E-state index contributed by atoms with van der Waals surface area (Å²) in [4.78, 5) is 1.12. The van der Waals surface area contributed by atoms with Gasteiger partial charge in [0.25, 0.3) is 10.0 Å². The van der Waals surface area contributed by atoms with Crippen LogP contribution in [0.3, 0.4) is 0 Å². The minimum atomic E-state index is -3.31. The molecule has 6 heteroatoms. The molecule has 0 unspecified atom stereocenters. The highest BCUT2D eigenvalue weighted by molar-refractivity contribution is 7.91. The summed E-state index contributed by atoms with van der Waals surface area (Å²) in [5, 5.41) is 3.09. The third-order valence-electron chi connectivity index (χ3n) is 3.72. The van der Waals surface area contributed by atoms with Gasteiger partial charge in [0, 0.05) is 18.0 Å². The average molecular weight is 316 g/mol. The molecule has 0 aliphatic carbocycles. The predicted molar refractivity (Wildman–Crippen MR) is 83.7 cm³/mol. The van der Waals surface area contributed by atoms with Gasteiger partial charge in [0.1, 0.15) is 4.21 Å². The zero-order chi connectivity index (χ0) is 14.8. The number of hydrogen-bond acceptors (Lipinski definition) is 4. The van der Waals surface area contributed by atoms with Crippen LogP contribution in [0.2, 0.25) is 0 Å². The molecule has 114 valence electrons. The van der Waals surface area contributed by atoms with Crippen LogP contribution in [0, 0.1) is 5.41 Å². The van der Waals surface area contributed by atoms with Crippen LogP contribution in [0.1, 0.15) is 31.6 Å². The lowest BCUT2D eigenvalue weighted by atomic mass is 9.85. The highest BCUT2D eigenvalue weighted by atomic mass is 32.2. The second-order valence-electron chi connectivity index (χ2n) is 6.18. The summed E-state index contributed by atoms with van der Waals surface area (Å²) in [6, 6.07) is 3.69. The van der Waals surface area contributed by atoms with Gasteiger partial charge in [-0.3, -0.25) is 0 Å². The number of hydrogen-bond donors (Lipinski definition) is 1. The third kappa shape index (κ3) is 3.61. The Balaban J connectivity index is 2.15. The van der Waals surface area contributed by atoms with Crippen LogP contribution in [0.15, 0.2) is 16.3 Å². The van der Waals surface area contributed by atoms with Crippen LogP contribution in [0.25, 0.3) is 0 Å². The molecular weight excluding hydrogens is 292 g/mol. The van der Waals surface area contributed by atoms with Gasteiger partial charge in [-0.25, -0.2) is 8.42 Å². The van der Waals surface area contributed by atoms with E-state index in [1.807, 2.05) is 13.1 Å². The molecule has 0 saturated carbocycles. The maximum atomic E-state index is 12.7. The first-order valence-electron chi connectivity index (χ1n) is 7.09. The molecule has 1 aromatic rings. The fourth-order valence-corrected chi connectivity index (χ4v) is 5.76. The Morgan fingerprint density at radius 3 is 2.80 bits per heavy atom. The minimum absolute atomic E-state index is 0.0809. The summed E-state index contributed by atoms with van der Waals surface area (Å²) in [7, 11) is -1.40. The largest absolute Gasteiger partial charge is 0.319 e. The summed E-state index contributed by atoms with van der Waals surface area (Å²) in [6.07, 6.45) is 2.92. The van der Waals surface area contributed by atoms with Gasteiger partial charge in [-0.05, 0) is 50.4 Å². The molecule has 1 aromatic heterocycles. The molecular formula is C14H24N2O2S2. The number of rotatable bonds is 5. The van der Waals surface area contributed by atoms with Crippen molar-refractivity contribution in [3.8, 4) is 0 Å². The average Bonchev–Trinajstić information content (AvgIpc) is 2.84. The molecule has 1 fully saturated rings. The van der Waals surface area contributed by atoms with Crippen LogP contribution in [-0.2, 0) is 16.4 Å². The van der Waals surface area contributed by atoms with Crippen LogP contribution >= 0.6 is 11.3 Å². The molecule has 0 spiro atoms. The van der Waals surface area contributed by atoms with Crippen molar-refractivity contribution in [2.45, 2.75) is 37.3 Å². The van der Waals surface area contributed by atoms with Gasteiger partial charge < -0.3 is 5.32 Å². The number of likely N-dealkylation sites (N-methyl/N-ethyl adjacent to an activating group) is 1. The normalized spacial score (nSPS) is 20.1. The van der Waals surface area contributed by atoms with E-state index in [0.29, 0.717) is 17.3 Å². The lowest BCUT2D eigenvalue weighted by Gasteiger charge is -2.36. The van der Waals surface area contributed by atoms with Gasteiger partial charge in [-0.1, -0.05) is 13.8 Å². The Hall–Kier alpha value is -0.430. The van der Waals surface area contributed by atoms with E-state index in [4.69, 9.17) is 0 Å². The summed E-state index contributed by atoms with van der Waals surface area (Å²) in [5.41, 5.74) is 0.0809. The fourth-order valence-electron chi connectivity index (χ4n) is 2.58. The summed E-state index contributed by atoms with van der Waals surface area (Å²) >= 11 is 1.40. The summed E-state index contributed by atoms with van der Waals surface area (Å²) in [5.74, 6) is 0. The third-order valence-corrected chi connectivity index (χ3v) is 7.18. The monoisotopic (exact) mass is 316 g/mol. The fraction of sp³-hybridized carbons (Fsp3) is 0.714. The van der Waals surface area contributed by atoms with Crippen LogP contribution < -0.4 is 5.32 Å². The van der Waals surface area contributed by atoms with Crippen molar-refractivity contribution in [2.75, 3.05) is 26.7 Å². The van der Waals surface area contributed by atoms with Gasteiger partial charge in [0.2, 0.25) is 0 Å². The van der Waals surface area contributed by atoms with Crippen molar-refractivity contribution >= 4 is 21.4 Å². The van der Waals surface area contributed by atoms with Crippen LogP contribution in [0.5, 0.6) is 0 Å². The van der Waals surface area contributed by atoms with Crippen molar-refractivity contribution in [3.05, 3.63) is 17.0 Å². The Morgan fingerprint density at radius 2 is 2.15 bits per heavy atom. The van der Waals surface area contributed by atoms with Crippen molar-refractivity contribution in [1.82, 2.24) is 9.62 Å². The van der Waals surface area contributed by atoms with E-state index >= 15 is 0 Å². The lowest BCUT2D eigenvalue weighted by molar-refractivity contribution is 0.187. The Morgan fingerprint density at radius 1 is 1.40 bits per heavy atom. The highest BCUT2D eigenvalue weighted by Gasteiger charge is 2.34.